The van der Waals surface area contributed by atoms with Gasteiger partial charge in [0.2, 0.25) is 0 Å². The zero-order valence-electron chi connectivity index (χ0n) is 10.7. The zero-order chi connectivity index (χ0) is 11.9. The molecule has 0 bridgehead atoms. The normalized spacial score (nSPS) is 42.2. The topological polar surface area (TPSA) is 38.7 Å². The molecule has 15 heavy (non-hydrogen) atoms. The second kappa shape index (κ2) is 4.04. The average molecular weight is 216 g/mol. The van der Waals surface area contributed by atoms with Gasteiger partial charge in [-0.3, -0.25) is 0 Å². The quantitative estimate of drug-likeness (QED) is 0.767. The highest BCUT2D eigenvalue weighted by atomic mass is 16.6. The fraction of sp³-hybridized carbons (Fsp3) is 1.00. The van der Waals surface area contributed by atoms with Gasteiger partial charge in [0.15, 0.2) is 0 Å². The number of rotatable bonds is 2. The molecule has 0 aromatic rings. The first-order valence-corrected chi connectivity index (χ1v) is 5.69. The molecule has 0 aliphatic carbocycles. The molecule has 1 fully saturated rings. The van der Waals surface area contributed by atoms with E-state index in [2.05, 4.69) is 27.7 Å². The number of hydrogen-bond donors (Lipinski definition) is 1. The summed E-state index contributed by atoms with van der Waals surface area (Å²) in [6.07, 6.45) is -0.0862. The molecular formula is C12H24O3. The van der Waals surface area contributed by atoms with Crippen LogP contribution in [0, 0.1) is 5.41 Å². The van der Waals surface area contributed by atoms with Crippen LogP contribution in [0.3, 0.4) is 0 Å². The van der Waals surface area contributed by atoms with Crippen LogP contribution < -0.4 is 0 Å². The van der Waals surface area contributed by atoms with Crippen LogP contribution in [0.25, 0.3) is 0 Å². The van der Waals surface area contributed by atoms with Gasteiger partial charge in [0.25, 0.3) is 0 Å². The highest BCUT2D eigenvalue weighted by molar-refractivity contribution is 5.07. The Kier molecular flexibility index (Phi) is 3.49. The van der Waals surface area contributed by atoms with Gasteiger partial charge in [0, 0.05) is 7.11 Å². The molecule has 0 saturated carbocycles. The minimum atomic E-state index is -0.533. The van der Waals surface area contributed by atoms with E-state index in [0.717, 1.165) is 6.42 Å². The summed E-state index contributed by atoms with van der Waals surface area (Å²) < 4.78 is 11.5. The van der Waals surface area contributed by atoms with Gasteiger partial charge in [-0.05, 0) is 18.8 Å². The zero-order valence-corrected chi connectivity index (χ0v) is 10.7. The van der Waals surface area contributed by atoms with E-state index in [1.54, 1.807) is 7.11 Å². The molecule has 0 aromatic carbocycles. The maximum Gasteiger partial charge on any atom is 0.115 e. The average Bonchev–Trinajstić information content (AvgIpc) is 2.39. The van der Waals surface area contributed by atoms with Gasteiger partial charge in [-0.15, -0.1) is 0 Å². The summed E-state index contributed by atoms with van der Waals surface area (Å²) in [6, 6.07) is 0. The van der Waals surface area contributed by atoms with Gasteiger partial charge in [0.05, 0.1) is 6.10 Å². The first kappa shape index (κ1) is 12.9. The molecule has 1 rings (SSSR count). The van der Waals surface area contributed by atoms with Gasteiger partial charge in [0.1, 0.15) is 17.8 Å². The minimum Gasteiger partial charge on any atom is -0.388 e. The van der Waals surface area contributed by atoms with Crippen LogP contribution in [0.4, 0.5) is 0 Å². The van der Waals surface area contributed by atoms with E-state index in [9.17, 15) is 5.11 Å². The maximum atomic E-state index is 10.0. The summed E-state index contributed by atoms with van der Waals surface area (Å²) in [4.78, 5) is 0. The van der Waals surface area contributed by atoms with Crippen molar-refractivity contribution in [3.63, 3.8) is 0 Å². The van der Waals surface area contributed by atoms with Crippen LogP contribution in [0.15, 0.2) is 0 Å². The van der Waals surface area contributed by atoms with Gasteiger partial charge >= 0.3 is 0 Å². The number of aliphatic hydroxyl groups is 1. The third-order valence-electron chi connectivity index (χ3n) is 3.70. The van der Waals surface area contributed by atoms with Crippen molar-refractivity contribution in [2.45, 2.75) is 65.0 Å². The molecule has 0 amide bonds. The van der Waals surface area contributed by atoms with E-state index in [1.807, 2.05) is 6.92 Å². The van der Waals surface area contributed by atoms with Crippen LogP contribution in [0.5, 0.6) is 0 Å². The first-order valence-electron chi connectivity index (χ1n) is 5.69. The summed E-state index contributed by atoms with van der Waals surface area (Å²) in [6.45, 7) is 10.4. The Bertz CT molecular complexity index is 221. The third kappa shape index (κ3) is 1.81. The smallest absolute Gasteiger partial charge is 0.115 e. The minimum absolute atomic E-state index is 0.0475. The van der Waals surface area contributed by atoms with Crippen LogP contribution >= 0.6 is 0 Å². The lowest BCUT2D eigenvalue weighted by Gasteiger charge is -2.44. The fourth-order valence-electron chi connectivity index (χ4n) is 2.74. The third-order valence-corrected chi connectivity index (χ3v) is 3.70. The molecule has 1 heterocycles. The van der Waals surface area contributed by atoms with Crippen molar-refractivity contribution in [2.75, 3.05) is 7.11 Å². The summed E-state index contributed by atoms with van der Waals surface area (Å²) in [5, 5.41) is 10.0. The summed E-state index contributed by atoms with van der Waals surface area (Å²) in [7, 11) is 1.64. The van der Waals surface area contributed by atoms with E-state index >= 15 is 0 Å². The van der Waals surface area contributed by atoms with E-state index in [1.165, 1.54) is 0 Å². The Morgan fingerprint density at radius 3 is 2.20 bits per heavy atom. The van der Waals surface area contributed by atoms with Crippen LogP contribution in [-0.2, 0) is 9.47 Å². The van der Waals surface area contributed by atoms with Crippen molar-refractivity contribution in [2.24, 2.45) is 5.41 Å². The molecule has 90 valence electrons. The monoisotopic (exact) mass is 216 g/mol. The second-order valence-electron chi connectivity index (χ2n) is 5.46. The summed E-state index contributed by atoms with van der Waals surface area (Å²) in [5.41, 5.74) is -0.436. The highest BCUT2D eigenvalue weighted by Gasteiger charge is 2.58. The van der Waals surface area contributed by atoms with Crippen molar-refractivity contribution in [3.05, 3.63) is 0 Å². The van der Waals surface area contributed by atoms with Gasteiger partial charge in [-0.25, -0.2) is 0 Å². The number of ether oxygens (including phenoxy) is 2. The van der Waals surface area contributed by atoms with E-state index in [-0.39, 0.29) is 23.2 Å². The summed E-state index contributed by atoms with van der Waals surface area (Å²) in [5.74, 6) is 0. The molecule has 3 nitrogen and oxygen atoms in total. The van der Waals surface area contributed by atoms with E-state index in [4.69, 9.17) is 9.47 Å². The molecule has 0 spiro atoms. The van der Waals surface area contributed by atoms with Crippen molar-refractivity contribution in [3.8, 4) is 0 Å². The highest BCUT2D eigenvalue weighted by Crippen LogP contribution is 2.47. The Hall–Kier alpha value is -0.120. The van der Waals surface area contributed by atoms with Gasteiger partial charge < -0.3 is 14.6 Å². The predicted octanol–water partition coefficient (Wildman–Crippen LogP) is 1.98. The molecule has 1 aliphatic rings. The molecule has 1 saturated heterocycles. The second-order valence-corrected chi connectivity index (χ2v) is 5.46. The number of hydrogen-bond acceptors (Lipinski definition) is 3. The largest absolute Gasteiger partial charge is 0.388 e. The van der Waals surface area contributed by atoms with Gasteiger partial charge in [-0.1, -0.05) is 27.7 Å². The molecule has 0 radical (unpaired) electrons. The molecular weight excluding hydrogens is 192 g/mol. The number of methoxy groups -OCH3 is 1. The predicted molar refractivity (Wildman–Crippen MR) is 59.8 cm³/mol. The molecule has 1 N–H and O–H groups in total. The molecule has 0 unspecified atom stereocenters. The van der Waals surface area contributed by atoms with Crippen LogP contribution in [0.2, 0.25) is 0 Å². The van der Waals surface area contributed by atoms with Crippen molar-refractivity contribution in [1.29, 1.82) is 0 Å². The van der Waals surface area contributed by atoms with Crippen molar-refractivity contribution < 1.29 is 14.6 Å². The Morgan fingerprint density at radius 1 is 1.40 bits per heavy atom. The van der Waals surface area contributed by atoms with E-state index in [0.29, 0.717) is 0 Å². The SMILES string of the molecule is CC[C@]1(C(C)(C)C)O[C@@H](C)[C@@H](O)[C@@H]1OC. The lowest BCUT2D eigenvalue weighted by molar-refractivity contribution is -0.154. The maximum absolute atomic E-state index is 10.0. The molecule has 3 heteroatoms. The fourth-order valence-corrected chi connectivity index (χ4v) is 2.74. The first-order chi connectivity index (χ1) is 6.80. The van der Waals surface area contributed by atoms with Crippen molar-refractivity contribution >= 4 is 0 Å². The molecule has 1 aliphatic heterocycles. The van der Waals surface area contributed by atoms with Gasteiger partial charge in [-0.2, -0.15) is 0 Å². The Morgan fingerprint density at radius 2 is 1.93 bits per heavy atom. The Labute approximate surface area is 92.8 Å². The lowest BCUT2D eigenvalue weighted by Crippen LogP contribution is -2.53. The van der Waals surface area contributed by atoms with E-state index < -0.39 is 6.10 Å². The standard InChI is InChI=1S/C12H24O3/c1-7-12(11(3,4)5)10(14-6)9(13)8(2)15-12/h8-10,13H,7H2,1-6H3/t8-,9+,10-,12-/m0/s1. The Balaban J connectivity index is 3.09. The summed E-state index contributed by atoms with van der Waals surface area (Å²) >= 11 is 0. The van der Waals surface area contributed by atoms with Crippen LogP contribution in [0.1, 0.15) is 41.0 Å². The number of aliphatic hydroxyl groups excluding tert-OH is 1. The molecule has 4 atom stereocenters. The lowest BCUT2D eigenvalue weighted by atomic mass is 9.71. The molecule has 0 aromatic heterocycles. The van der Waals surface area contributed by atoms with Crippen molar-refractivity contribution in [1.82, 2.24) is 0 Å². The van der Waals surface area contributed by atoms with Crippen LogP contribution in [-0.4, -0.2) is 36.1 Å².